The second kappa shape index (κ2) is 9.68. The quantitative estimate of drug-likeness (QED) is 0.439. The zero-order valence-electron chi connectivity index (χ0n) is 24.1. The molecule has 2 aliphatic rings. The Morgan fingerprint density at radius 1 is 0.639 bits per heavy atom. The van der Waals surface area contributed by atoms with E-state index in [2.05, 4.69) is 128 Å². The summed E-state index contributed by atoms with van der Waals surface area (Å²) >= 11 is 0. The molecule has 2 aromatic rings. The van der Waals surface area contributed by atoms with Gasteiger partial charge in [0.05, 0.1) is 12.1 Å². The van der Waals surface area contributed by atoms with Crippen LogP contribution in [0.15, 0.2) is 58.5 Å². The minimum absolute atomic E-state index is 0.0948. The van der Waals surface area contributed by atoms with E-state index < -0.39 is 0 Å². The Hall–Kier alpha value is -2.62. The van der Waals surface area contributed by atoms with Crippen molar-refractivity contribution in [2.75, 3.05) is 22.9 Å². The zero-order valence-corrected chi connectivity index (χ0v) is 24.1. The first-order valence-electron chi connectivity index (χ1n) is 13.7. The number of hydrogen-bond acceptors (Lipinski definition) is 4. The molecule has 0 amide bonds. The standard InChI is InChI=1S/C32H46N4/c1-21(2)27-19-35(25-15-11-13-23(17-25)31(5,6)7)29(33-27)30-34-28(22(3)4)20-36(30)26-16-12-14-24(18-26)32(8,9)10/h11-18,21-22,27-28H,19-20H2,1-10H3/t27-,28-/m0/s1. The van der Waals surface area contributed by atoms with Crippen molar-refractivity contribution in [1.29, 1.82) is 0 Å². The van der Waals surface area contributed by atoms with E-state index in [0.717, 1.165) is 24.8 Å². The first-order chi connectivity index (χ1) is 16.8. The third kappa shape index (κ3) is 5.38. The van der Waals surface area contributed by atoms with E-state index in [4.69, 9.17) is 9.98 Å². The second-order valence-corrected chi connectivity index (χ2v) is 13.4. The summed E-state index contributed by atoms with van der Waals surface area (Å²) in [7, 11) is 0. The molecule has 0 aromatic heterocycles. The lowest BCUT2D eigenvalue weighted by Crippen LogP contribution is -2.42. The molecule has 0 N–H and O–H groups in total. The van der Waals surface area contributed by atoms with Crippen molar-refractivity contribution < 1.29 is 0 Å². The molecule has 194 valence electrons. The molecular weight excluding hydrogens is 440 g/mol. The Morgan fingerprint density at radius 2 is 1.00 bits per heavy atom. The highest BCUT2D eigenvalue weighted by Crippen LogP contribution is 2.34. The number of aliphatic imine (C=N–C) groups is 2. The first-order valence-corrected chi connectivity index (χ1v) is 13.7. The third-order valence-corrected chi connectivity index (χ3v) is 7.61. The fraction of sp³-hybridized carbons (Fsp3) is 0.562. The fourth-order valence-electron chi connectivity index (χ4n) is 4.89. The van der Waals surface area contributed by atoms with Gasteiger partial charge in [0.1, 0.15) is 0 Å². The molecule has 0 unspecified atom stereocenters. The molecule has 0 aliphatic carbocycles. The van der Waals surface area contributed by atoms with Crippen LogP contribution in [-0.2, 0) is 10.8 Å². The molecule has 2 atom stereocenters. The van der Waals surface area contributed by atoms with Crippen molar-refractivity contribution in [3.05, 3.63) is 59.7 Å². The van der Waals surface area contributed by atoms with E-state index in [1.165, 1.54) is 22.5 Å². The highest BCUT2D eigenvalue weighted by Gasteiger charge is 2.38. The predicted molar refractivity (Wildman–Crippen MR) is 157 cm³/mol. The van der Waals surface area contributed by atoms with Crippen LogP contribution in [0.5, 0.6) is 0 Å². The van der Waals surface area contributed by atoms with Crippen LogP contribution in [0.1, 0.15) is 80.4 Å². The Kier molecular flexibility index (Phi) is 7.11. The van der Waals surface area contributed by atoms with Gasteiger partial charge in [0.25, 0.3) is 0 Å². The van der Waals surface area contributed by atoms with E-state index in [-0.39, 0.29) is 22.9 Å². The van der Waals surface area contributed by atoms with E-state index in [9.17, 15) is 0 Å². The summed E-state index contributed by atoms with van der Waals surface area (Å²) in [4.78, 5) is 15.5. The minimum Gasteiger partial charge on any atom is -0.321 e. The van der Waals surface area contributed by atoms with Gasteiger partial charge in [-0.15, -0.1) is 0 Å². The summed E-state index contributed by atoms with van der Waals surface area (Å²) < 4.78 is 0. The van der Waals surface area contributed by atoms with Crippen molar-refractivity contribution in [1.82, 2.24) is 0 Å². The zero-order chi connectivity index (χ0) is 26.4. The van der Waals surface area contributed by atoms with Gasteiger partial charge < -0.3 is 9.80 Å². The molecule has 0 bridgehead atoms. The average molecular weight is 487 g/mol. The van der Waals surface area contributed by atoms with Crippen LogP contribution in [0.25, 0.3) is 0 Å². The Morgan fingerprint density at radius 3 is 1.31 bits per heavy atom. The van der Waals surface area contributed by atoms with Crippen molar-refractivity contribution in [2.45, 2.75) is 92.2 Å². The van der Waals surface area contributed by atoms with Crippen molar-refractivity contribution in [3.8, 4) is 0 Å². The van der Waals surface area contributed by atoms with Gasteiger partial charge >= 0.3 is 0 Å². The Balaban J connectivity index is 1.80. The monoisotopic (exact) mass is 486 g/mol. The van der Waals surface area contributed by atoms with E-state index in [1.54, 1.807) is 0 Å². The number of anilines is 2. The van der Waals surface area contributed by atoms with Gasteiger partial charge in [-0.2, -0.15) is 0 Å². The maximum absolute atomic E-state index is 5.33. The summed E-state index contributed by atoms with van der Waals surface area (Å²) in [6, 6.07) is 18.5. The van der Waals surface area contributed by atoms with Crippen molar-refractivity contribution >= 4 is 23.0 Å². The molecule has 4 heteroatoms. The number of amidine groups is 2. The van der Waals surface area contributed by atoms with Crippen LogP contribution in [0, 0.1) is 11.8 Å². The number of benzene rings is 2. The summed E-state index contributed by atoms with van der Waals surface area (Å²) in [5.74, 6) is 2.97. The maximum Gasteiger partial charge on any atom is 0.172 e. The normalized spacial score (nSPS) is 21.0. The topological polar surface area (TPSA) is 31.2 Å². The van der Waals surface area contributed by atoms with Crippen LogP contribution in [0.2, 0.25) is 0 Å². The number of nitrogens with zero attached hydrogens (tertiary/aromatic N) is 4. The highest BCUT2D eigenvalue weighted by molar-refractivity contribution is 6.50. The van der Waals surface area contributed by atoms with Crippen LogP contribution in [0.4, 0.5) is 11.4 Å². The first kappa shape index (κ1) is 26.4. The molecule has 0 fully saturated rings. The van der Waals surface area contributed by atoms with Gasteiger partial charge in [0.15, 0.2) is 11.7 Å². The SMILES string of the molecule is CC(C)[C@@H]1CN(c2cccc(C(C)(C)C)c2)C(C2=N[C@H](C(C)C)CN2c2cccc(C(C)(C)C)c2)=N1. The van der Waals surface area contributed by atoms with Gasteiger partial charge in [-0.05, 0) is 58.1 Å². The van der Waals surface area contributed by atoms with Gasteiger partial charge in [-0.3, -0.25) is 9.98 Å². The summed E-state index contributed by atoms with van der Waals surface area (Å²) in [5.41, 5.74) is 5.30. The molecule has 4 rings (SSSR count). The molecule has 0 radical (unpaired) electrons. The fourth-order valence-corrected chi connectivity index (χ4v) is 4.89. The van der Waals surface area contributed by atoms with Crippen LogP contribution >= 0.6 is 0 Å². The molecule has 0 saturated heterocycles. The molecule has 2 aliphatic heterocycles. The maximum atomic E-state index is 5.33. The Labute approximate surface area is 219 Å². The van der Waals surface area contributed by atoms with E-state index in [1.807, 2.05) is 0 Å². The van der Waals surface area contributed by atoms with E-state index >= 15 is 0 Å². The van der Waals surface area contributed by atoms with Crippen molar-refractivity contribution in [3.63, 3.8) is 0 Å². The minimum atomic E-state index is 0.0948. The van der Waals surface area contributed by atoms with Crippen molar-refractivity contribution in [2.24, 2.45) is 21.8 Å². The Bertz CT molecular complexity index is 1050. The third-order valence-electron chi connectivity index (χ3n) is 7.61. The molecule has 0 spiro atoms. The van der Waals surface area contributed by atoms with Crippen LogP contribution < -0.4 is 9.80 Å². The van der Waals surface area contributed by atoms with Gasteiger partial charge in [-0.25, -0.2) is 0 Å². The molecule has 2 aromatic carbocycles. The summed E-state index contributed by atoms with van der Waals surface area (Å²) in [6.45, 7) is 24.6. The molecule has 4 nitrogen and oxygen atoms in total. The second-order valence-electron chi connectivity index (χ2n) is 13.4. The molecular formula is C32H46N4. The van der Waals surface area contributed by atoms with Gasteiger partial charge in [0, 0.05) is 24.5 Å². The van der Waals surface area contributed by atoms with E-state index in [0.29, 0.717) is 11.8 Å². The largest absolute Gasteiger partial charge is 0.321 e. The lowest BCUT2D eigenvalue weighted by molar-refractivity contribution is 0.521. The van der Waals surface area contributed by atoms with Gasteiger partial charge in [-0.1, -0.05) is 93.5 Å². The highest BCUT2D eigenvalue weighted by atomic mass is 15.4. The average Bonchev–Trinajstić information content (AvgIpc) is 3.43. The predicted octanol–water partition coefficient (Wildman–Crippen LogP) is 7.47. The number of rotatable bonds is 5. The lowest BCUT2D eigenvalue weighted by atomic mass is 9.86. The smallest absolute Gasteiger partial charge is 0.172 e. The van der Waals surface area contributed by atoms with Crippen LogP contribution in [-0.4, -0.2) is 36.8 Å². The summed E-state index contributed by atoms with van der Waals surface area (Å²) in [6.07, 6.45) is 0. The molecule has 2 heterocycles. The molecule has 0 saturated carbocycles. The summed E-state index contributed by atoms with van der Waals surface area (Å²) in [5, 5.41) is 0. The number of hydrogen-bond donors (Lipinski definition) is 0. The lowest BCUT2D eigenvalue weighted by Gasteiger charge is -2.29. The molecule has 36 heavy (non-hydrogen) atoms. The van der Waals surface area contributed by atoms with Crippen LogP contribution in [0.3, 0.4) is 0 Å². The van der Waals surface area contributed by atoms with Gasteiger partial charge in [0.2, 0.25) is 0 Å².